The minimum Gasteiger partial charge on any atom is -0.309 e. The van der Waals surface area contributed by atoms with Gasteiger partial charge in [-0.25, -0.2) is 0 Å². The largest absolute Gasteiger partial charge is 0.309 e. The van der Waals surface area contributed by atoms with E-state index in [-0.39, 0.29) is 10.6 Å². The first-order chi connectivity index (χ1) is 9.49. The van der Waals surface area contributed by atoms with Crippen molar-refractivity contribution in [1.82, 2.24) is 5.32 Å². The Kier molecular flexibility index (Phi) is 5.00. The van der Waals surface area contributed by atoms with Crippen LogP contribution in [0.15, 0.2) is 18.2 Å². The van der Waals surface area contributed by atoms with Crippen molar-refractivity contribution in [3.05, 3.63) is 38.9 Å². The lowest BCUT2D eigenvalue weighted by atomic mass is 9.78. The summed E-state index contributed by atoms with van der Waals surface area (Å²) in [6.45, 7) is 5.07. The highest BCUT2D eigenvalue weighted by Gasteiger charge is 2.27. The van der Waals surface area contributed by atoms with Crippen molar-refractivity contribution in [2.24, 2.45) is 11.8 Å². The quantitative estimate of drug-likeness (QED) is 0.670. The first-order valence-corrected chi connectivity index (χ1v) is 7.53. The molecule has 20 heavy (non-hydrogen) atoms. The van der Waals surface area contributed by atoms with E-state index in [9.17, 15) is 10.1 Å². The van der Waals surface area contributed by atoms with Gasteiger partial charge >= 0.3 is 0 Å². The molecule has 2 rings (SSSR count). The fraction of sp³-hybridized carbons (Fsp3) is 0.600. The van der Waals surface area contributed by atoms with Crippen LogP contribution in [0.25, 0.3) is 0 Å². The van der Waals surface area contributed by atoms with Crippen LogP contribution in [0.1, 0.15) is 38.7 Å². The summed E-state index contributed by atoms with van der Waals surface area (Å²) in [5.74, 6) is 1.32. The predicted molar refractivity (Wildman–Crippen MR) is 80.9 cm³/mol. The average molecular weight is 297 g/mol. The third kappa shape index (κ3) is 3.49. The molecule has 0 aliphatic heterocycles. The minimum absolute atomic E-state index is 0.0986. The lowest BCUT2D eigenvalue weighted by molar-refractivity contribution is -0.385. The summed E-state index contributed by atoms with van der Waals surface area (Å²) in [4.78, 5) is 10.7. The Bertz CT molecular complexity index is 493. The highest BCUT2D eigenvalue weighted by molar-refractivity contribution is 6.30. The van der Waals surface area contributed by atoms with Gasteiger partial charge in [0.15, 0.2) is 0 Å². The van der Waals surface area contributed by atoms with E-state index >= 15 is 0 Å². The molecule has 0 bridgehead atoms. The fourth-order valence-electron chi connectivity index (χ4n) is 2.97. The van der Waals surface area contributed by atoms with Gasteiger partial charge in [0.25, 0.3) is 5.69 Å². The summed E-state index contributed by atoms with van der Waals surface area (Å²) in [6, 6.07) is 5.31. The Labute approximate surface area is 124 Å². The fourth-order valence-corrected chi connectivity index (χ4v) is 3.13. The van der Waals surface area contributed by atoms with E-state index in [4.69, 9.17) is 11.6 Å². The van der Waals surface area contributed by atoms with Crippen molar-refractivity contribution in [1.29, 1.82) is 0 Å². The second-order valence-electron chi connectivity index (χ2n) is 5.78. The second kappa shape index (κ2) is 6.55. The number of halogens is 1. The van der Waals surface area contributed by atoms with E-state index in [1.165, 1.54) is 18.9 Å². The number of nitrogens with one attached hydrogen (secondary N) is 1. The van der Waals surface area contributed by atoms with Gasteiger partial charge in [-0.2, -0.15) is 0 Å². The second-order valence-corrected chi connectivity index (χ2v) is 6.22. The summed E-state index contributed by atoms with van der Waals surface area (Å²) in [6.07, 6.45) is 3.65. The Morgan fingerprint density at radius 3 is 2.85 bits per heavy atom. The van der Waals surface area contributed by atoms with Crippen molar-refractivity contribution in [3.8, 4) is 0 Å². The Hall–Kier alpha value is -1.13. The smallest absolute Gasteiger partial charge is 0.275 e. The number of hydrogen-bond donors (Lipinski definition) is 1. The maximum atomic E-state index is 11.1. The number of nitrogens with zero attached hydrogens (tertiary/aromatic N) is 1. The number of nitro groups is 1. The van der Waals surface area contributed by atoms with Gasteiger partial charge in [0.2, 0.25) is 0 Å². The number of nitro benzene ring substituents is 1. The van der Waals surface area contributed by atoms with Gasteiger partial charge in [0, 0.05) is 29.2 Å². The van der Waals surface area contributed by atoms with Crippen LogP contribution in [0.2, 0.25) is 5.02 Å². The van der Waals surface area contributed by atoms with Crippen molar-refractivity contribution in [2.45, 2.75) is 45.7 Å². The molecule has 0 aromatic heterocycles. The average Bonchev–Trinajstić information content (AvgIpc) is 2.41. The van der Waals surface area contributed by atoms with E-state index in [0.29, 0.717) is 35.0 Å². The molecule has 1 aromatic carbocycles. The number of benzene rings is 1. The number of rotatable bonds is 4. The molecule has 0 saturated heterocycles. The van der Waals surface area contributed by atoms with Crippen LogP contribution in [0.4, 0.5) is 5.69 Å². The van der Waals surface area contributed by atoms with E-state index in [0.717, 1.165) is 6.42 Å². The van der Waals surface area contributed by atoms with Gasteiger partial charge in [-0.05, 0) is 30.4 Å². The SMILES string of the molecule is CC1CCCC(NCc2ccc(Cl)cc2[N+](=O)[O-])C1C. The normalized spacial score (nSPS) is 26.4. The van der Waals surface area contributed by atoms with E-state index in [2.05, 4.69) is 19.2 Å². The molecule has 1 aromatic rings. The number of hydrogen-bond acceptors (Lipinski definition) is 3. The van der Waals surface area contributed by atoms with E-state index < -0.39 is 0 Å². The summed E-state index contributed by atoms with van der Waals surface area (Å²) in [7, 11) is 0. The van der Waals surface area contributed by atoms with Crippen molar-refractivity contribution >= 4 is 17.3 Å². The first kappa shape index (κ1) is 15.3. The van der Waals surface area contributed by atoms with Gasteiger partial charge in [-0.15, -0.1) is 0 Å². The van der Waals surface area contributed by atoms with Gasteiger partial charge in [-0.1, -0.05) is 38.3 Å². The van der Waals surface area contributed by atoms with Gasteiger partial charge in [-0.3, -0.25) is 10.1 Å². The molecule has 3 atom stereocenters. The lowest BCUT2D eigenvalue weighted by Gasteiger charge is -2.34. The Balaban J connectivity index is 2.05. The van der Waals surface area contributed by atoms with Crippen molar-refractivity contribution in [3.63, 3.8) is 0 Å². The highest BCUT2D eigenvalue weighted by atomic mass is 35.5. The van der Waals surface area contributed by atoms with Crippen molar-refractivity contribution in [2.75, 3.05) is 0 Å². The van der Waals surface area contributed by atoms with Gasteiger partial charge < -0.3 is 5.32 Å². The molecule has 1 fully saturated rings. The van der Waals surface area contributed by atoms with Crippen molar-refractivity contribution < 1.29 is 4.92 Å². The van der Waals surface area contributed by atoms with Crippen LogP contribution in [-0.4, -0.2) is 11.0 Å². The molecule has 0 spiro atoms. The summed E-state index contributed by atoms with van der Waals surface area (Å²) in [5.41, 5.74) is 0.798. The Morgan fingerprint density at radius 2 is 2.15 bits per heavy atom. The van der Waals surface area contributed by atoms with Crippen LogP contribution in [0.5, 0.6) is 0 Å². The molecular formula is C15H21ClN2O2. The third-order valence-electron chi connectivity index (χ3n) is 4.51. The predicted octanol–water partition coefficient (Wildman–Crippen LogP) is 4.16. The third-order valence-corrected chi connectivity index (χ3v) is 4.74. The molecule has 3 unspecified atom stereocenters. The summed E-state index contributed by atoms with van der Waals surface area (Å²) >= 11 is 5.83. The molecule has 0 amide bonds. The standard InChI is InChI=1S/C15H21ClN2O2/c1-10-4-3-5-14(11(10)2)17-9-12-6-7-13(16)8-15(12)18(19)20/h6-8,10-11,14,17H,3-5,9H2,1-2H3. The minimum atomic E-state index is -0.365. The summed E-state index contributed by atoms with van der Waals surface area (Å²) < 4.78 is 0. The molecule has 110 valence electrons. The maximum Gasteiger partial charge on any atom is 0.275 e. The van der Waals surface area contributed by atoms with Crippen LogP contribution in [-0.2, 0) is 6.54 Å². The van der Waals surface area contributed by atoms with Gasteiger partial charge in [0.1, 0.15) is 0 Å². The molecular weight excluding hydrogens is 276 g/mol. The van der Waals surface area contributed by atoms with Crippen LogP contribution in [0.3, 0.4) is 0 Å². The molecule has 1 saturated carbocycles. The molecule has 0 heterocycles. The molecule has 5 heteroatoms. The molecule has 1 aliphatic carbocycles. The maximum absolute atomic E-state index is 11.1. The molecule has 0 radical (unpaired) electrons. The zero-order valence-electron chi connectivity index (χ0n) is 11.9. The zero-order valence-corrected chi connectivity index (χ0v) is 12.7. The molecule has 1 aliphatic rings. The van der Waals surface area contributed by atoms with E-state index in [1.54, 1.807) is 12.1 Å². The monoisotopic (exact) mass is 296 g/mol. The Morgan fingerprint density at radius 1 is 1.40 bits per heavy atom. The topological polar surface area (TPSA) is 55.2 Å². The van der Waals surface area contributed by atoms with E-state index in [1.807, 2.05) is 0 Å². The first-order valence-electron chi connectivity index (χ1n) is 7.15. The zero-order chi connectivity index (χ0) is 14.7. The van der Waals surface area contributed by atoms with Crippen LogP contribution in [0, 0.1) is 22.0 Å². The molecule has 4 nitrogen and oxygen atoms in total. The lowest BCUT2D eigenvalue weighted by Crippen LogP contribution is -2.40. The highest BCUT2D eigenvalue weighted by Crippen LogP contribution is 2.30. The summed E-state index contributed by atoms with van der Waals surface area (Å²) in [5, 5.41) is 14.9. The van der Waals surface area contributed by atoms with Crippen LogP contribution < -0.4 is 5.32 Å². The molecule has 1 N–H and O–H groups in total. The van der Waals surface area contributed by atoms with Gasteiger partial charge in [0.05, 0.1) is 4.92 Å². The van der Waals surface area contributed by atoms with Crippen LogP contribution >= 0.6 is 11.6 Å².